The van der Waals surface area contributed by atoms with Gasteiger partial charge in [-0.2, -0.15) is 0 Å². The molecule has 0 unspecified atom stereocenters. The maximum atomic E-state index is 11.5. The molecule has 0 aliphatic carbocycles. The molecule has 0 saturated carbocycles. The third kappa shape index (κ3) is 1.82. The Morgan fingerprint density at radius 2 is 2.58 bits per heavy atom. The fraction of sp³-hybridized carbons (Fsp3) is 0.750. The van der Waals surface area contributed by atoms with Gasteiger partial charge in [0.05, 0.1) is 0 Å². The lowest BCUT2D eigenvalue weighted by Crippen LogP contribution is -2.44. The van der Waals surface area contributed by atoms with Crippen LogP contribution in [0.15, 0.2) is 4.99 Å². The zero-order chi connectivity index (χ0) is 8.97. The van der Waals surface area contributed by atoms with E-state index < -0.39 is 0 Å². The van der Waals surface area contributed by atoms with Gasteiger partial charge in [0.25, 0.3) is 5.91 Å². The number of carbonyl (C=O) groups excluding carboxylic acids is 1. The van der Waals surface area contributed by atoms with Gasteiger partial charge in [0.15, 0.2) is 0 Å². The zero-order valence-corrected chi connectivity index (χ0v) is 7.42. The third-order valence-electron chi connectivity index (χ3n) is 2.04. The van der Waals surface area contributed by atoms with Crippen molar-refractivity contribution in [3.8, 4) is 0 Å². The molecular weight excluding hydrogens is 154 g/mol. The van der Waals surface area contributed by atoms with Gasteiger partial charge in [-0.05, 0) is 26.5 Å². The van der Waals surface area contributed by atoms with Crippen molar-refractivity contribution in [2.45, 2.75) is 25.8 Å². The van der Waals surface area contributed by atoms with Crippen LogP contribution in [0.3, 0.4) is 0 Å². The highest BCUT2D eigenvalue weighted by Gasteiger charge is 2.24. The largest absolute Gasteiger partial charge is 0.288 e. The molecule has 1 atom stereocenters. The summed E-state index contributed by atoms with van der Waals surface area (Å²) in [6, 6.07) is -0.236. The maximum absolute atomic E-state index is 11.5. The molecule has 68 valence electrons. The molecule has 4 heteroatoms. The first-order valence-electron chi connectivity index (χ1n) is 4.30. The van der Waals surface area contributed by atoms with Gasteiger partial charge >= 0.3 is 0 Å². The van der Waals surface area contributed by atoms with Gasteiger partial charge in [0.1, 0.15) is 6.04 Å². The second-order valence-electron chi connectivity index (χ2n) is 2.83. The first kappa shape index (κ1) is 9.19. The Kier molecular flexibility index (Phi) is 3.22. The van der Waals surface area contributed by atoms with Crippen LogP contribution in [0.4, 0.5) is 0 Å². The molecule has 4 nitrogen and oxygen atoms in total. The van der Waals surface area contributed by atoms with Crippen LogP contribution in [0.2, 0.25) is 0 Å². The Bertz CT molecular complexity index is 181. The van der Waals surface area contributed by atoms with E-state index in [4.69, 9.17) is 0 Å². The Labute approximate surface area is 72.6 Å². The number of hydrogen-bond donors (Lipinski definition) is 1. The van der Waals surface area contributed by atoms with E-state index in [-0.39, 0.29) is 11.9 Å². The number of aliphatic imine (C=N–C) groups is 1. The van der Waals surface area contributed by atoms with E-state index in [0.29, 0.717) is 6.54 Å². The number of nitrogens with zero attached hydrogens (tertiary/aromatic N) is 2. The van der Waals surface area contributed by atoms with Crippen LogP contribution in [0.25, 0.3) is 0 Å². The van der Waals surface area contributed by atoms with Crippen molar-refractivity contribution in [3.63, 3.8) is 0 Å². The fourth-order valence-electron chi connectivity index (χ4n) is 1.33. The van der Waals surface area contributed by atoms with E-state index >= 15 is 0 Å². The number of carbonyl (C=O) groups is 1. The summed E-state index contributed by atoms with van der Waals surface area (Å²) < 4.78 is 0. The van der Waals surface area contributed by atoms with Gasteiger partial charge in [0.2, 0.25) is 0 Å². The molecule has 1 amide bonds. The number of rotatable bonds is 2. The number of amides is 1. The number of hydrogen-bond acceptors (Lipinski definition) is 3. The van der Waals surface area contributed by atoms with Crippen LogP contribution in [0.5, 0.6) is 0 Å². The summed E-state index contributed by atoms with van der Waals surface area (Å²) in [5.41, 5.74) is 3.04. The van der Waals surface area contributed by atoms with E-state index in [1.807, 2.05) is 6.92 Å². The summed E-state index contributed by atoms with van der Waals surface area (Å²) in [6.07, 6.45) is 1.79. The molecule has 1 rings (SSSR count). The van der Waals surface area contributed by atoms with Crippen molar-refractivity contribution in [1.82, 2.24) is 10.4 Å². The maximum Gasteiger partial charge on any atom is 0.261 e. The predicted molar refractivity (Wildman–Crippen MR) is 48.0 cm³/mol. The highest BCUT2D eigenvalue weighted by Crippen LogP contribution is 2.08. The molecule has 1 N–H and O–H groups in total. The Balaban J connectivity index is 2.65. The summed E-state index contributed by atoms with van der Waals surface area (Å²) in [5, 5.41) is 1.62. The average Bonchev–Trinajstić information content (AvgIpc) is 2.27. The lowest BCUT2D eigenvalue weighted by molar-refractivity contribution is -0.134. The molecule has 0 aromatic rings. The molecule has 1 heterocycles. The monoisotopic (exact) mass is 169 g/mol. The lowest BCUT2D eigenvalue weighted by atomic mass is 10.1. The summed E-state index contributed by atoms with van der Waals surface area (Å²) in [5.74, 6) is 0.0463. The minimum Gasteiger partial charge on any atom is -0.288 e. The van der Waals surface area contributed by atoms with Crippen molar-refractivity contribution in [1.29, 1.82) is 0 Å². The molecule has 1 fully saturated rings. The highest BCUT2D eigenvalue weighted by atomic mass is 16.2. The van der Waals surface area contributed by atoms with Crippen molar-refractivity contribution in [2.24, 2.45) is 4.99 Å². The van der Waals surface area contributed by atoms with Crippen LogP contribution >= 0.6 is 0 Å². The Morgan fingerprint density at radius 1 is 1.83 bits per heavy atom. The first-order chi connectivity index (χ1) is 5.79. The van der Waals surface area contributed by atoms with Crippen LogP contribution in [0.1, 0.15) is 19.8 Å². The highest BCUT2D eigenvalue weighted by molar-refractivity contribution is 5.82. The smallest absolute Gasteiger partial charge is 0.261 e. The van der Waals surface area contributed by atoms with Crippen LogP contribution in [-0.2, 0) is 4.79 Å². The SMILES string of the molecule is C=N[C@H]1CCCNN(CC)C1=O. The van der Waals surface area contributed by atoms with Crippen LogP contribution in [0, 0.1) is 0 Å². The normalized spacial score (nSPS) is 25.2. The van der Waals surface area contributed by atoms with Crippen LogP contribution in [-0.4, -0.2) is 36.8 Å². The summed E-state index contributed by atoms with van der Waals surface area (Å²) in [4.78, 5) is 15.3. The second kappa shape index (κ2) is 4.21. The van der Waals surface area contributed by atoms with Gasteiger partial charge in [-0.25, -0.2) is 5.43 Å². The number of nitrogens with one attached hydrogen (secondary N) is 1. The fourth-order valence-corrected chi connectivity index (χ4v) is 1.33. The molecule has 0 spiro atoms. The van der Waals surface area contributed by atoms with E-state index in [2.05, 4.69) is 17.1 Å². The topological polar surface area (TPSA) is 44.7 Å². The second-order valence-corrected chi connectivity index (χ2v) is 2.83. The average molecular weight is 169 g/mol. The van der Waals surface area contributed by atoms with Crippen molar-refractivity contribution >= 4 is 12.6 Å². The molecule has 1 aliphatic rings. The van der Waals surface area contributed by atoms with E-state index in [9.17, 15) is 4.79 Å². The summed E-state index contributed by atoms with van der Waals surface area (Å²) in [7, 11) is 0. The van der Waals surface area contributed by atoms with Crippen molar-refractivity contribution in [3.05, 3.63) is 0 Å². The van der Waals surface area contributed by atoms with Gasteiger partial charge in [0, 0.05) is 13.1 Å². The minimum absolute atomic E-state index is 0.0463. The minimum atomic E-state index is -0.236. The first-order valence-corrected chi connectivity index (χ1v) is 4.30. The van der Waals surface area contributed by atoms with Gasteiger partial charge in [-0.3, -0.25) is 14.8 Å². The van der Waals surface area contributed by atoms with Crippen molar-refractivity contribution < 1.29 is 4.79 Å². The zero-order valence-electron chi connectivity index (χ0n) is 7.42. The predicted octanol–water partition coefficient (Wildman–Crippen LogP) is 0.202. The molecular formula is C8H15N3O. The van der Waals surface area contributed by atoms with Gasteiger partial charge in [-0.15, -0.1) is 0 Å². The van der Waals surface area contributed by atoms with E-state index in [1.54, 1.807) is 5.01 Å². The number of likely N-dealkylation sites (N-methyl/N-ethyl adjacent to an activating group) is 1. The molecule has 0 aromatic heterocycles. The Morgan fingerprint density at radius 3 is 3.17 bits per heavy atom. The number of hydrazine groups is 1. The molecule has 1 saturated heterocycles. The van der Waals surface area contributed by atoms with E-state index in [1.165, 1.54) is 0 Å². The van der Waals surface area contributed by atoms with E-state index in [0.717, 1.165) is 19.4 Å². The third-order valence-corrected chi connectivity index (χ3v) is 2.04. The van der Waals surface area contributed by atoms with Gasteiger partial charge in [-0.1, -0.05) is 0 Å². The Hall–Kier alpha value is -0.900. The van der Waals surface area contributed by atoms with Crippen LogP contribution < -0.4 is 5.43 Å². The molecule has 0 radical (unpaired) electrons. The molecule has 12 heavy (non-hydrogen) atoms. The van der Waals surface area contributed by atoms with Gasteiger partial charge < -0.3 is 0 Å². The quantitative estimate of drug-likeness (QED) is 0.600. The molecule has 0 aromatic carbocycles. The standard InChI is InChI=1S/C8H15N3O/c1-3-11-8(12)7(9-2)5-4-6-10-11/h7,10H,2-6H2,1H3/t7-/m0/s1. The molecule has 0 bridgehead atoms. The molecule has 1 aliphatic heterocycles. The lowest BCUT2D eigenvalue weighted by Gasteiger charge is -2.20. The van der Waals surface area contributed by atoms with Crippen molar-refractivity contribution in [2.75, 3.05) is 13.1 Å². The summed E-state index contributed by atoms with van der Waals surface area (Å²) in [6.45, 7) is 6.90. The summed E-state index contributed by atoms with van der Waals surface area (Å²) >= 11 is 0.